The summed E-state index contributed by atoms with van der Waals surface area (Å²) >= 11 is 0. The van der Waals surface area contributed by atoms with Crippen molar-refractivity contribution in [2.45, 2.75) is 19.0 Å². The highest BCUT2D eigenvalue weighted by molar-refractivity contribution is 6.07. The van der Waals surface area contributed by atoms with Crippen LogP contribution in [0, 0.1) is 5.82 Å². The van der Waals surface area contributed by atoms with E-state index < -0.39 is 23.3 Å². The topological polar surface area (TPSA) is 58.6 Å². The van der Waals surface area contributed by atoms with Gasteiger partial charge in [-0.15, -0.1) is 0 Å². The van der Waals surface area contributed by atoms with Crippen LogP contribution in [0.25, 0.3) is 0 Å². The number of ether oxygens (including phenoxy) is 1. The predicted molar refractivity (Wildman–Crippen MR) is 85.8 cm³/mol. The molecule has 0 unspecified atom stereocenters. The Bertz CT molecular complexity index is 791. The van der Waals surface area contributed by atoms with Crippen LogP contribution >= 0.6 is 0 Å². The van der Waals surface area contributed by atoms with E-state index >= 15 is 0 Å². The molecular weight excluding hydrogens is 311 g/mol. The third kappa shape index (κ3) is 2.60. The van der Waals surface area contributed by atoms with Crippen LogP contribution in [0.4, 0.5) is 9.18 Å². The Hall–Kier alpha value is -2.89. The van der Waals surface area contributed by atoms with Gasteiger partial charge in [0.25, 0.3) is 5.91 Å². The molecule has 1 N–H and O–H groups in total. The summed E-state index contributed by atoms with van der Waals surface area (Å²) in [7, 11) is 1.55. The van der Waals surface area contributed by atoms with Crippen LogP contribution in [0.2, 0.25) is 0 Å². The molecule has 1 fully saturated rings. The molecule has 0 bridgehead atoms. The van der Waals surface area contributed by atoms with Crippen LogP contribution in [-0.4, -0.2) is 23.9 Å². The maximum absolute atomic E-state index is 13.8. The number of nitrogens with one attached hydrogen (secondary N) is 1. The molecule has 3 amide bonds. The van der Waals surface area contributed by atoms with Gasteiger partial charge in [-0.1, -0.05) is 30.3 Å². The smallest absolute Gasteiger partial charge is 0.325 e. The average Bonchev–Trinajstić information content (AvgIpc) is 2.81. The minimum Gasteiger partial charge on any atom is -0.497 e. The number of nitrogens with zero attached hydrogens (tertiary/aromatic N) is 1. The number of carbonyl (C=O) groups excluding carboxylic acids is 2. The first-order valence-corrected chi connectivity index (χ1v) is 7.48. The van der Waals surface area contributed by atoms with E-state index in [1.807, 2.05) is 0 Å². The Morgan fingerprint density at radius 1 is 1.12 bits per heavy atom. The highest BCUT2D eigenvalue weighted by Gasteiger charge is 2.49. The van der Waals surface area contributed by atoms with Crippen LogP contribution in [0.5, 0.6) is 5.75 Å². The molecule has 1 saturated heterocycles. The van der Waals surface area contributed by atoms with E-state index in [9.17, 15) is 14.0 Å². The van der Waals surface area contributed by atoms with E-state index in [2.05, 4.69) is 5.32 Å². The molecule has 3 rings (SSSR count). The van der Waals surface area contributed by atoms with Crippen LogP contribution in [0.1, 0.15) is 18.1 Å². The SMILES string of the molecule is COc1ccc([C@@]2(C)NC(=O)N(Cc3ccccc3F)C2=O)cc1. The molecule has 24 heavy (non-hydrogen) atoms. The lowest BCUT2D eigenvalue weighted by Crippen LogP contribution is -2.40. The Morgan fingerprint density at radius 3 is 2.42 bits per heavy atom. The average molecular weight is 328 g/mol. The molecule has 1 aliphatic rings. The second kappa shape index (κ2) is 5.96. The maximum atomic E-state index is 13.8. The molecule has 1 aliphatic heterocycles. The Balaban J connectivity index is 1.88. The fourth-order valence-electron chi connectivity index (χ4n) is 2.76. The molecule has 2 aromatic rings. The predicted octanol–water partition coefficient (Wildman–Crippen LogP) is 2.80. The Labute approximate surface area is 139 Å². The van der Waals surface area contributed by atoms with Gasteiger partial charge < -0.3 is 10.1 Å². The van der Waals surface area contributed by atoms with Crippen LogP contribution in [0.3, 0.4) is 0 Å². The van der Waals surface area contributed by atoms with E-state index in [-0.39, 0.29) is 6.54 Å². The van der Waals surface area contributed by atoms with Gasteiger partial charge in [-0.3, -0.25) is 9.69 Å². The highest BCUT2D eigenvalue weighted by Crippen LogP contribution is 2.31. The first-order valence-electron chi connectivity index (χ1n) is 7.48. The number of carbonyl (C=O) groups is 2. The van der Waals surface area contributed by atoms with Crippen LogP contribution in [-0.2, 0) is 16.9 Å². The van der Waals surface area contributed by atoms with Gasteiger partial charge in [0.15, 0.2) is 0 Å². The van der Waals surface area contributed by atoms with Crippen LogP contribution < -0.4 is 10.1 Å². The van der Waals surface area contributed by atoms with Gasteiger partial charge in [0.05, 0.1) is 13.7 Å². The lowest BCUT2D eigenvalue weighted by molar-refractivity contribution is -0.131. The second-order valence-electron chi connectivity index (χ2n) is 5.77. The molecule has 5 nitrogen and oxygen atoms in total. The van der Waals surface area contributed by atoms with Crippen molar-refractivity contribution in [2.75, 3.05) is 7.11 Å². The standard InChI is InChI=1S/C18H17FN2O3/c1-18(13-7-9-14(24-2)10-8-13)16(22)21(17(23)20-18)11-12-5-3-4-6-15(12)19/h3-10H,11H2,1-2H3,(H,20,23)/t18-/m1/s1. The summed E-state index contributed by atoms with van der Waals surface area (Å²) in [5.41, 5.74) is -0.258. The summed E-state index contributed by atoms with van der Waals surface area (Å²) in [5.74, 6) is -0.209. The largest absolute Gasteiger partial charge is 0.497 e. The zero-order valence-electron chi connectivity index (χ0n) is 13.4. The van der Waals surface area contributed by atoms with E-state index in [1.165, 1.54) is 6.07 Å². The first-order chi connectivity index (χ1) is 11.5. The number of methoxy groups -OCH3 is 1. The van der Waals surface area contributed by atoms with Crippen molar-refractivity contribution in [3.63, 3.8) is 0 Å². The van der Waals surface area contributed by atoms with Gasteiger partial charge >= 0.3 is 6.03 Å². The van der Waals surface area contributed by atoms with E-state index in [0.717, 1.165) is 4.90 Å². The molecule has 1 atom stereocenters. The summed E-state index contributed by atoms with van der Waals surface area (Å²) in [5, 5.41) is 2.70. The van der Waals surface area contributed by atoms with Crippen molar-refractivity contribution in [3.05, 3.63) is 65.5 Å². The fraction of sp³-hybridized carbons (Fsp3) is 0.222. The third-order valence-corrected chi connectivity index (χ3v) is 4.23. The van der Waals surface area contributed by atoms with Gasteiger partial charge in [-0.2, -0.15) is 0 Å². The lowest BCUT2D eigenvalue weighted by Gasteiger charge is -2.22. The number of urea groups is 1. The molecule has 124 valence electrons. The summed E-state index contributed by atoms with van der Waals surface area (Å²) in [4.78, 5) is 26.1. The van der Waals surface area contributed by atoms with E-state index in [1.54, 1.807) is 56.5 Å². The molecule has 0 aliphatic carbocycles. The lowest BCUT2D eigenvalue weighted by atomic mass is 9.92. The second-order valence-corrected chi connectivity index (χ2v) is 5.77. The fourth-order valence-corrected chi connectivity index (χ4v) is 2.76. The Kier molecular flexibility index (Phi) is 3.97. The number of benzene rings is 2. The minimum atomic E-state index is -1.19. The van der Waals surface area contributed by atoms with Gasteiger partial charge in [-0.25, -0.2) is 9.18 Å². The zero-order valence-corrected chi connectivity index (χ0v) is 13.4. The number of imide groups is 1. The number of amides is 3. The molecule has 6 heteroatoms. The molecule has 0 saturated carbocycles. The normalized spacial score (nSPS) is 20.2. The van der Waals surface area contributed by atoms with Crippen molar-refractivity contribution in [1.82, 2.24) is 10.2 Å². The third-order valence-electron chi connectivity index (χ3n) is 4.23. The van der Waals surface area contributed by atoms with Gasteiger partial charge in [0.2, 0.25) is 0 Å². The first kappa shape index (κ1) is 16.0. The summed E-state index contributed by atoms with van der Waals surface area (Å²) < 4.78 is 18.9. The van der Waals surface area contributed by atoms with Crippen molar-refractivity contribution >= 4 is 11.9 Å². The maximum Gasteiger partial charge on any atom is 0.325 e. The monoisotopic (exact) mass is 328 g/mol. The summed E-state index contributed by atoms with van der Waals surface area (Å²) in [6.07, 6.45) is 0. The van der Waals surface area contributed by atoms with Crippen molar-refractivity contribution in [2.24, 2.45) is 0 Å². The van der Waals surface area contributed by atoms with Crippen molar-refractivity contribution in [3.8, 4) is 5.75 Å². The molecule has 0 spiro atoms. The van der Waals surface area contributed by atoms with E-state index in [4.69, 9.17) is 4.74 Å². The highest BCUT2D eigenvalue weighted by atomic mass is 19.1. The zero-order chi connectivity index (χ0) is 17.3. The molecule has 2 aromatic carbocycles. The molecule has 0 radical (unpaired) electrons. The summed E-state index contributed by atoms with van der Waals surface area (Å²) in [6.45, 7) is 1.53. The van der Waals surface area contributed by atoms with Crippen molar-refractivity contribution < 1.29 is 18.7 Å². The van der Waals surface area contributed by atoms with Gasteiger partial charge in [-0.05, 0) is 30.7 Å². The molecule has 0 aromatic heterocycles. The minimum absolute atomic E-state index is 0.108. The molecular formula is C18H17FN2O3. The molecule has 1 heterocycles. The van der Waals surface area contributed by atoms with E-state index in [0.29, 0.717) is 16.9 Å². The quantitative estimate of drug-likeness (QED) is 0.878. The number of hydrogen-bond acceptors (Lipinski definition) is 3. The number of rotatable bonds is 4. The van der Waals surface area contributed by atoms with Gasteiger partial charge in [0.1, 0.15) is 17.1 Å². The number of halogens is 1. The van der Waals surface area contributed by atoms with Crippen LogP contribution in [0.15, 0.2) is 48.5 Å². The Morgan fingerprint density at radius 2 is 1.79 bits per heavy atom. The van der Waals surface area contributed by atoms with Crippen molar-refractivity contribution in [1.29, 1.82) is 0 Å². The summed E-state index contributed by atoms with van der Waals surface area (Å²) in [6, 6.07) is 12.4. The van der Waals surface area contributed by atoms with Gasteiger partial charge in [0, 0.05) is 5.56 Å². The number of hydrogen-bond donors (Lipinski definition) is 1.